The minimum absolute atomic E-state index is 0.368. The molecule has 2 nitrogen and oxygen atoms in total. The van der Waals surface area contributed by atoms with E-state index in [4.69, 9.17) is 0 Å². The van der Waals surface area contributed by atoms with E-state index in [2.05, 4.69) is 5.32 Å². The van der Waals surface area contributed by atoms with Crippen LogP contribution in [0.3, 0.4) is 0 Å². The van der Waals surface area contributed by atoms with Crippen LogP contribution in [0.1, 0.15) is 31.4 Å². The van der Waals surface area contributed by atoms with Crippen LogP contribution in [-0.4, -0.2) is 11.7 Å². The average molecular weight is 191 g/mol. The van der Waals surface area contributed by atoms with Crippen LogP contribution in [0.4, 0.5) is 5.69 Å². The molecule has 1 aromatic carbocycles. The van der Waals surface area contributed by atoms with Gasteiger partial charge >= 0.3 is 0 Å². The molecule has 1 aliphatic carbocycles. The summed E-state index contributed by atoms with van der Waals surface area (Å²) in [6.45, 7) is 2.88. The minimum atomic E-state index is -0.368. The van der Waals surface area contributed by atoms with Crippen molar-refractivity contribution in [3.05, 3.63) is 29.8 Å². The zero-order chi connectivity index (χ0) is 9.97. The van der Waals surface area contributed by atoms with Gasteiger partial charge in [0.1, 0.15) is 0 Å². The van der Waals surface area contributed by atoms with Crippen molar-refractivity contribution in [2.45, 2.75) is 25.9 Å². The van der Waals surface area contributed by atoms with Gasteiger partial charge in [-0.25, -0.2) is 0 Å². The molecule has 1 aliphatic rings. The molecule has 2 rings (SSSR count). The number of anilines is 1. The fraction of sp³-hybridized carbons (Fsp3) is 0.500. The molecule has 0 amide bonds. The van der Waals surface area contributed by atoms with Crippen molar-refractivity contribution in [2.75, 3.05) is 11.9 Å². The SMILES string of the molecule is CC(O)c1ccc(NCC2CC2)cc1. The fourth-order valence-corrected chi connectivity index (χ4v) is 1.46. The Hall–Kier alpha value is -1.02. The summed E-state index contributed by atoms with van der Waals surface area (Å²) in [5, 5.41) is 12.7. The largest absolute Gasteiger partial charge is 0.389 e. The number of hydrogen-bond donors (Lipinski definition) is 2. The quantitative estimate of drug-likeness (QED) is 0.766. The van der Waals surface area contributed by atoms with E-state index < -0.39 is 0 Å². The number of nitrogens with one attached hydrogen (secondary N) is 1. The van der Waals surface area contributed by atoms with E-state index >= 15 is 0 Å². The van der Waals surface area contributed by atoms with Crippen molar-refractivity contribution in [1.82, 2.24) is 0 Å². The molecule has 0 aromatic heterocycles. The van der Waals surface area contributed by atoms with Crippen molar-refractivity contribution < 1.29 is 5.11 Å². The lowest BCUT2D eigenvalue weighted by Crippen LogP contribution is -2.03. The van der Waals surface area contributed by atoms with Crippen LogP contribution < -0.4 is 5.32 Å². The van der Waals surface area contributed by atoms with Gasteiger partial charge in [-0.2, -0.15) is 0 Å². The van der Waals surface area contributed by atoms with Gasteiger partial charge in [0.05, 0.1) is 6.10 Å². The number of aliphatic hydroxyl groups is 1. The normalized spacial score (nSPS) is 17.9. The van der Waals surface area contributed by atoms with Crippen molar-refractivity contribution >= 4 is 5.69 Å². The summed E-state index contributed by atoms with van der Waals surface area (Å²) in [5.74, 6) is 0.895. The summed E-state index contributed by atoms with van der Waals surface area (Å²) in [5.41, 5.74) is 2.13. The summed E-state index contributed by atoms with van der Waals surface area (Å²) in [6, 6.07) is 8.01. The third kappa shape index (κ3) is 2.48. The zero-order valence-electron chi connectivity index (χ0n) is 8.53. The molecule has 1 unspecified atom stereocenters. The highest BCUT2D eigenvalue weighted by Crippen LogP contribution is 2.29. The second-order valence-electron chi connectivity index (χ2n) is 4.12. The smallest absolute Gasteiger partial charge is 0.0761 e. The van der Waals surface area contributed by atoms with Crippen molar-refractivity contribution in [1.29, 1.82) is 0 Å². The molecule has 0 heterocycles. The Labute approximate surface area is 85.0 Å². The molecule has 0 radical (unpaired) electrons. The summed E-state index contributed by atoms with van der Waals surface area (Å²) in [4.78, 5) is 0. The molecule has 76 valence electrons. The van der Waals surface area contributed by atoms with Crippen LogP contribution in [0.25, 0.3) is 0 Å². The molecular formula is C12H17NO. The van der Waals surface area contributed by atoms with Gasteiger partial charge in [-0.3, -0.25) is 0 Å². The predicted molar refractivity (Wildman–Crippen MR) is 58.3 cm³/mol. The van der Waals surface area contributed by atoms with Gasteiger partial charge in [-0.1, -0.05) is 12.1 Å². The second-order valence-corrected chi connectivity index (χ2v) is 4.12. The van der Waals surface area contributed by atoms with E-state index in [-0.39, 0.29) is 6.10 Å². The van der Waals surface area contributed by atoms with Crippen molar-refractivity contribution in [3.8, 4) is 0 Å². The van der Waals surface area contributed by atoms with Gasteiger partial charge in [0.15, 0.2) is 0 Å². The number of benzene rings is 1. The number of hydrogen-bond acceptors (Lipinski definition) is 2. The van der Waals surface area contributed by atoms with Crippen LogP contribution in [0, 0.1) is 5.92 Å². The molecule has 0 aliphatic heterocycles. The molecule has 1 fully saturated rings. The average Bonchev–Trinajstić information content (AvgIpc) is 2.99. The van der Waals surface area contributed by atoms with Crippen LogP contribution in [-0.2, 0) is 0 Å². The van der Waals surface area contributed by atoms with E-state index in [0.29, 0.717) is 0 Å². The van der Waals surface area contributed by atoms with Gasteiger partial charge in [-0.15, -0.1) is 0 Å². The Morgan fingerprint density at radius 1 is 1.36 bits per heavy atom. The summed E-state index contributed by atoms with van der Waals surface area (Å²) in [6.07, 6.45) is 2.38. The van der Waals surface area contributed by atoms with E-state index in [1.54, 1.807) is 6.92 Å². The highest BCUT2D eigenvalue weighted by atomic mass is 16.3. The fourth-order valence-electron chi connectivity index (χ4n) is 1.46. The topological polar surface area (TPSA) is 32.3 Å². The first-order chi connectivity index (χ1) is 6.75. The first-order valence-electron chi connectivity index (χ1n) is 5.27. The molecule has 2 heteroatoms. The van der Waals surface area contributed by atoms with Gasteiger partial charge in [0.2, 0.25) is 0 Å². The Bertz CT molecular complexity index is 288. The Morgan fingerprint density at radius 2 is 2.00 bits per heavy atom. The van der Waals surface area contributed by atoms with Crippen LogP contribution in [0.2, 0.25) is 0 Å². The maximum Gasteiger partial charge on any atom is 0.0761 e. The lowest BCUT2D eigenvalue weighted by molar-refractivity contribution is 0.199. The second kappa shape index (κ2) is 4.01. The molecule has 0 saturated heterocycles. The Balaban J connectivity index is 1.91. The molecule has 0 spiro atoms. The monoisotopic (exact) mass is 191 g/mol. The number of aliphatic hydroxyl groups excluding tert-OH is 1. The lowest BCUT2D eigenvalue weighted by Gasteiger charge is -2.08. The summed E-state index contributed by atoms with van der Waals surface area (Å²) >= 11 is 0. The van der Waals surface area contributed by atoms with Gasteiger partial charge in [-0.05, 0) is 43.4 Å². The standard InChI is InChI=1S/C12H17NO/c1-9(14)11-4-6-12(7-5-11)13-8-10-2-3-10/h4-7,9-10,13-14H,2-3,8H2,1H3. The van der Waals surface area contributed by atoms with Crippen LogP contribution in [0.5, 0.6) is 0 Å². The summed E-state index contributed by atoms with van der Waals surface area (Å²) < 4.78 is 0. The molecule has 1 saturated carbocycles. The highest BCUT2D eigenvalue weighted by molar-refractivity contribution is 5.45. The van der Waals surface area contributed by atoms with Gasteiger partial charge in [0.25, 0.3) is 0 Å². The summed E-state index contributed by atoms with van der Waals surface area (Å²) in [7, 11) is 0. The molecule has 0 bridgehead atoms. The molecule has 2 N–H and O–H groups in total. The van der Waals surface area contributed by atoms with Crippen molar-refractivity contribution in [3.63, 3.8) is 0 Å². The third-order valence-electron chi connectivity index (χ3n) is 2.68. The van der Waals surface area contributed by atoms with E-state index in [0.717, 1.165) is 23.7 Å². The van der Waals surface area contributed by atoms with E-state index in [1.165, 1.54) is 12.8 Å². The molecule has 1 aromatic rings. The lowest BCUT2D eigenvalue weighted by atomic mass is 10.1. The molecular weight excluding hydrogens is 174 g/mol. The first-order valence-corrected chi connectivity index (χ1v) is 5.27. The highest BCUT2D eigenvalue weighted by Gasteiger charge is 2.20. The van der Waals surface area contributed by atoms with Gasteiger partial charge < -0.3 is 10.4 Å². The van der Waals surface area contributed by atoms with E-state index in [9.17, 15) is 5.11 Å². The predicted octanol–water partition coefficient (Wildman–Crippen LogP) is 2.56. The number of rotatable bonds is 4. The Kier molecular flexibility index (Phi) is 2.73. The molecule has 14 heavy (non-hydrogen) atoms. The third-order valence-corrected chi connectivity index (χ3v) is 2.68. The van der Waals surface area contributed by atoms with Crippen molar-refractivity contribution in [2.24, 2.45) is 5.92 Å². The van der Waals surface area contributed by atoms with E-state index in [1.807, 2.05) is 24.3 Å². The van der Waals surface area contributed by atoms with Gasteiger partial charge in [0, 0.05) is 12.2 Å². The van der Waals surface area contributed by atoms with Crippen LogP contribution in [0.15, 0.2) is 24.3 Å². The molecule has 1 atom stereocenters. The van der Waals surface area contributed by atoms with Crippen LogP contribution >= 0.6 is 0 Å². The zero-order valence-corrected chi connectivity index (χ0v) is 8.53. The Morgan fingerprint density at radius 3 is 2.50 bits per heavy atom. The maximum atomic E-state index is 9.32. The first kappa shape index (κ1) is 9.53. The minimum Gasteiger partial charge on any atom is -0.389 e. The maximum absolute atomic E-state index is 9.32.